The summed E-state index contributed by atoms with van der Waals surface area (Å²) >= 11 is 0. The molecule has 0 radical (unpaired) electrons. The van der Waals surface area contributed by atoms with Crippen molar-refractivity contribution in [2.75, 3.05) is 12.8 Å². The summed E-state index contributed by atoms with van der Waals surface area (Å²) in [6.07, 6.45) is 2.52. The van der Waals surface area contributed by atoms with Crippen LogP contribution in [-0.2, 0) is 6.54 Å². The zero-order chi connectivity index (χ0) is 20.0. The monoisotopic (exact) mass is 383 g/mol. The second-order valence-corrected chi connectivity index (χ2v) is 6.60. The SMILES string of the molecule is CCCn1cc2nc3c(-c4c(F)cc(OC)cc4F)cccc3c(N)c2c1O. The normalized spacial score (nSPS) is 11.4. The molecule has 4 rings (SSSR count). The standard InChI is InChI=1S/C21H19F2N3O2/c1-3-7-26-10-16-18(21(26)27)19(24)13-6-4-5-12(20(13)25-16)17-14(22)8-11(28-2)9-15(17)23/h4-6,8-10,27H,3,7,24H2,1-2H3. The Hall–Kier alpha value is -3.35. The highest BCUT2D eigenvalue weighted by atomic mass is 19.1. The highest BCUT2D eigenvalue weighted by Gasteiger charge is 2.20. The minimum Gasteiger partial charge on any atom is -0.497 e. The summed E-state index contributed by atoms with van der Waals surface area (Å²) in [5.41, 5.74) is 7.56. The minimum atomic E-state index is -0.754. The molecule has 0 aliphatic heterocycles. The van der Waals surface area contributed by atoms with Crippen molar-refractivity contribution in [3.63, 3.8) is 0 Å². The third-order valence-corrected chi connectivity index (χ3v) is 4.84. The number of rotatable bonds is 4. The van der Waals surface area contributed by atoms with Crippen molar-refractivity contribution >= 4 is 27.5 Å². The molecule has 2 heterocycles. The van der Waals surface area contributed by atoms with Gasteiger partial charge in [-0.05, 0) is 6.42 Å². The van der Waals surface area contributed by atoms with Crippen LogP contribution in [0.5, 0.6) is 11.6 Å². The summed E-state index contributed by atoms with van der Waals surface area (Å²) in [7, 11) is 1.35. The number of nitrogen functional groups attached to an aromatic ring is 1. The fraction of sp³-hybridized carbons (Fsp3) is 0.190. The van der Waals surface area contributed by atoms with Gasteiger partial charge in [0.1, 0.15) is 17.4 Å². The van der Waals surface area contributed by atoms with Gasteiger partial charge in [0.2, 0.25) is 5.88 Å². The first-order valence-electron chi connectivity index (χ1n) is 8.89. The van der Waals surface area contributed by atoms with Gasteiger partial charge in [0, 0.05) is 35.8 Å². The second kappa shape index (κ2) is 6.67. The maximum Gasteiger partial charge on any atom is 0.202 e. The Morgan fingerprint density at radius 2 is 1.93 bits per heavy atom. The Balaban J connectivity index is 2.06. The number of benzene rings is 2. The summed E-state index contributed by atoms with van der Waals surface area (Å²) in [5, 5.41) is 11.5. The Morgan fingerprint density at radius 1 is 1.21 bits per heavy atom. The number of nitrogens with zero attached hydrogens (tertiary/aromatic N) is 2. The molecule has 5 nitrogen and oxygen atoms in total. The van der Waals surface area contributed by atoms with E-state index in [0.717, 1.165) is 18.6 Å². The highest BCUT2D eigenvalue weighted by Crippen LogP contribution is 2.40. The number of aryl methyl sites for hydroxylation is 1. The number of pyridine rings is 1. The molecule has 0 amide bonds. The molecule has 3 N–H and O–H groups in total. The number of anilines is 1. The smallest absolute Gasteiger partial charge is 0.202 e. The Kier molecular flexibility index (Phi) is 4.30. The van der Waals surface area contributed by atoms with E-state index in [9.17, 15) is 13.9 Å². The van der Waals surface area contributed by atoms with Crippen LogP contribution < -0.4 is 10.5 Å². The summed E-state index contributed by atoms with van der Waals surface area (Å²) in [6, 6.07) is 7.23. The zero-order valence-electron chi connectivity index (χ0n) is 15.5. The van der Waals surface area contributed by atoms with E-state index in [1.807, 2.05) is 6.92 Å². The van der Waals surface area contributed by atoms with E-state index in [4.69, 9.17) is 10.5 Å². The van der Waals surface area contributed by atoms with Gasteiger partial charge in [-0.1, -0.05) is 25.1 Å². The summed E-state index contributed by atoms with van der Waals surface area (Å²) in [4.78, 5) is 4.58. The first kappa shape index (κ1) is 18.0. The van der Waals surface area contributed by atoms with Crippen molar-refractivity contribution in [2.45, 2.75) is 19.9 Å². The molecule has 144 valence electrons. The molecular formula is C21H19F2N3O2. The number of halogens is 2. The molecule has 2 aromatic heterocycles. The number of nitrogens with two attached hydrogens (primary N) is 1. The molecule has 0 aliphatic carbocycles. The van der Waals surface area contributed by atoms with Crippen molar-refractivity contribution < 1.29 is 18.6 Å². The van der Waals surface area contributed by atoms with Crippen LogP contribution in [0.2, 0.25) is 0 Å². The van der Waals surface area contributed by atoms with E-state index >= 15 is 0 Å². The number of methoxy groups -OCH3 is 1. The van der Waals surface area contributed by atoms with Crippen molar-refractivity contribution in [2.24, 2.45) is 0 Å². The van der Waals surface area contributed by atoms with Crippen LogP contribution in [0.15, 0.2) is 36.5 Å². The van der Waals surface area contributed by atoms with Gasteiger partial charge in [-0.15, -0.1) is 0 Å². The van der Waals surface area contributed by atoms with E-state index in [1.165, 1.54) is 7.11 Å². The number of fused-ring (bicyclic) bond motifs is 2. The largest absolute Gasteiger partial charge is 0.497 e. The molecule has 4 aromatic rings. The molecule has 0 bridgehead atoms. The van der Waals surface area contributed by atoms with Crippen LogP contribution in [0.25, 0.3) is 32.9 Å². The molecule has 2 aromatic carbocycles. The molecule has 0 saturated heterocycles. The molecule has 0 fully saturated rings. The van der Waals surface area contributed by atoms with Crippen molar-refractivity contribution in [1.29, 1.82) is 0 Å². The lowest BCUT2D eigenvalue weighted by Crippen LogP contribution is -1.97. The van der Waals surface area contributed by atoms with Crippen LogP contribution in [0.4, 0.5) is 14.5 Å². The number of para-hydroxylation sites is 1. The van der Waals surface area contributed by atoms with Gasteiger partial charge in [0.25, 0.3) is 0 Å². The molecule has 0 atom stereocenters. The van der Waals surface area contributed by atoms with Crippen LogP contribution in [0.3, 0.4) is 0 Å². The zero-order valence-corrected chi connectivity index (χ0v) is 15.5. The molecule has 0 saturated carbocycles. The number of aromatic nitrogens is 2. The van der Waals surface area contributed by atoms with Gasteiger partial charge >= 0.3 is 0 Å². The lowest BCUT2D eigenvalue weighted by atomic mass is 9.99. The van der Waals surface area contributed by atoms with Crippen LogP contribution in [0, 0.1) is 11.6 Å². The van der Waals surface area contributed by atoms with E-state index in [0.29, 0.717) is 34.0 Å². The fourth-order valence-electron chi connectivity index (χ4n) is 3.55. The fourth-order valence-corrected chi connectivity index (χ4v) is 3.55. The van der Waals surface area contributed by atoms with E-state index < -0.39 is 11.6 Å². The van der Waals surface area contributed by atoms with Gasteiger partial charge in [0.05, 0.1) is 34.8 Å². The topological polar surface area (TPSA) is 73.3 Å². The van der Waals surface area contributed by atoms with Crippen LogP contribution in [0.1, 0.15) is 13.3 Å². The average Bonchev–Trinajstić information content (AvgIpc) is 2.98. The van der Waals surface area contributed by atoms with E-state index in [2.05, 4.69) is 4.98 Å². The van der Waals surface area contributed by atoms with Gasteiger partial charge in [-0.3, -0.25) is 0 Å². The first-order valence-corrected chi connectivity index (χ1v) is 8.89. The number of ether oxygens (including phenoxy) is 1. The minimum absolute atomic E-state index is 0.0379. The Bertz CT molecular complexity index is 1190. The number of aromatic hydroxyl groups is 1. The van der Waals surface area contributed by atoms with E-state index in [-0.39, 0.29) is 22.8 Å². The van der Waals surface area contributed by atoms with Gasteiger partial charge in [-0.2, -0.15) is 0 Å². The molecule has 7 heteroatoms. The predicted octanol–water partition coefficient (Wildman–Crippen LogP) is 4.84. The quantitative estimate of drug-likeness (QED) is 0.529. The van der Waals surface area contributed by atoms with Gasteiger partial charge < -0.3 is 20.1 Å². The highest BCUT2D eigenvalue weighted by molar-refractivity contribution is 6.12. The summed E-state index contributed by atoms with van der Waals surface area (Å²) in [5.74, 6) is -1.38. The third kappa shape index (κ3) is 2.62. The maximum absolute atomic E-state index is 14.7. The maximum atomic E-state index is 14.7. The molecule has 28 heavy (non-hydrogen) atoms. The predicted molar refractivity (Wildman–Crippen MR) is 106 cm³/mol. The number of hydrogen-bond donors (Lipinski definition) is 2. The van der Waals surface area contributed by atoms with Crippen LogP contribution >= 0.6 is 0 Å². The Labute approximate surface area is 160 Å². The third-order valence-electron chi connectivity index (χ3n) is 4.84. The van der Waals surface area contributed by atoms with Crippen molar-refractivity contribution in [1.82, 2.24) is 9.55 Å². The summed E-state index contributed by atoms with van der Waals surface area (Å²) in [6.45, 7) is 2.59. The first-order chi connectivity index (χ1) is 13.5. The van der Waals surface area contributed by atoms with Gasteiger partial charge in [0.15, 0.2) is 0 Å². The second-order valence-electron chi connectivity index (χ2n) is 6.60. The lowest BCUT2D eigenvalue weighted by molar-refractivity contribution is 0.407. The molecule has 0 spiro atoms. The van der Waals surface area contributed by atoms with Crippen molar-refractivity contribution in [3.8, 4) is 22.8 Å². The van der Waals surface area contributed by atoms with Gasteiger partial charge in [-0.25, -0.2) is 13.8 Å². The lowest BCUT2D eigenvalue weighted by Gasteiger charge is -2.12. The molecule has 0 aliphatic rings. The molecular weight excluding hydrogens is 364 g/mol. The van der Waals surface area contributed by atoms with Crippen molar-refractivity contribution in [3.05, 3.63) is 48.2 Å². The Morgan fingerprint density at radius 3 is 2.57 bits per heavy atom. The molecule has 0 unspecified atom stereocenters. The summed E-state index contributed by atoms with van der Waals surface area (Å²) < 4.78 is 35.9. The number of hydrogen-bond acceptors (Lipinski definition) is 4. The van der Waals surface area contributed by atoms with Crippen LogP contribution in [-0.4, -0.2) is 21.8 Å². The van der Waals surface area contributed by atoms with E-state index in [1.54, 1.807) is 29.0 Å². The average molecular weight is 383 g/mol.